The Bertz CT molecular complexity index is 385. The number of hydrogen-bond donors (Lipinski definition) is 0. The fraction of sp³-hybridized carbons (Fsp3) is 0.364. The summed E-state index contributed by atoms with van der Waals surface area (Å²) in [5.41, 5.74) is 2.42. The number of hydrogen-bond acceptors (Lipinski definition) is 2. The first-order valence-electron chi connectivity index (χ1n) is 4.73. The summed E-state index contributed by atoms with van der Waals surface area (Å²) < 4.78 is 0. The van der Waals surface area contributed by atoms with Crippen LogP contribution in [0.25, 0.3) is 0 Å². The van der Waals surface area contributed by atoms with E-state index in [9.17, 15) is 0 Å². The fourth-order valence-electron chi connectivity index (χ4n) is 1.52. The molecular formula is C11H13ClN2. The smallest absolute Gasteiger partial charge is 0.133 e. The van der Waals surface area contributed by atoms with E-state index in [1.54, 1.807) is 0 Å². The summed E-state index contributed by atoms with van der Waals surface area (Å²) in [6.07, 6.45) is 5.07. The Labute approximate surface area is 89.2 Å². The lowest BCUT2D eigenvalue weighted by molar-refractivity contribution is 0.954. The van der Waals surface area contributed by atoms with Crippen molar-refractivity contribution in [3.05, 3.63) is 34.6 Å². The van der Waals surface area contributed by atoms with Gasteiger partial charge in [-0.3, -0.25) is 0 Å². The SMILES string of the molecule is CC1=CN(c2cc(Cl)c(C)cn2)CC1. The highest BCUT2D eigenvalue weighted by atomic mass is 35.5. The van der Waals surface area contributed by atoms with Crippen LogP contribution in [0.3, 0.4) is 0 Å². The minimum absolute atomic E-state index is 0.785. The van der Waals surface area contributed by atoms with Gasteiger partial charge in [0.05, 0.1) is 0 Å². The highest BCUT2D eigenvalue weighted by Gasteiger charge is 2.12. The third kappa shape index (κ3) is 1.75. The van der Waals surface area contributed by atoms with Crippen LogP contribution in [0.4, 0.5) is 5.82 Å². The highest BCUT2D eigenvalue weighted by molar-refractivity contribution is 6.31. The van der Waals surface area contributed by atoms with Gasteiger partial charge in [-0.1, -0.05) is 17.2 Å². The number of nitrogens with zero attached hydrogens (tertiary/aromatic N) is 2. The molecule has 0 aromatic carbocycles. The van der Waals surface area contributed by atoms with Gasteiger partial charge in [-0.05, 0) is 31.9 Å². The molecule has 0 N–H and O–H groups in total. The van der Waals surface area contributed by atoms with E-state index in [4.69, 9.17) is 11.6 Å². The monoisotopic (exact) mass is 208 g/mol. The van der Waals surface area contributed by atoms with E-state index in [1.165, 1.54) is 5.57 Å². The predicted molar refractivity (Wildman–Crippen MR) is 59.7 cm³/mol. The molecule has 1 aromatic heterocycles. The lowest BCUT2D eigenvalue weighted by Crippen LogP contribution is -2.13. The Morgan fingerprint density at radius 1 is 1.43 bits per heavy atom. The molecule has 3 heteroatoms. The Kier molecular flexibility index (Phi) is 2.46. The summed E-state index contributed by atoms with van der Waals surface area (Å²) in [4.78, 5) is 6.49. The van der Waals surface area contributed by atoms with Crippen molar-refractivity contribution < 1.29 is 0 Å². The number of aromatic nitrogens is 1. The van der Waals surface area contributed by atoms with Gasteiger partial charge in [-0.25, -0.2) is 4.98 Å². The summed E-state index contributed by atoms with van der Waals surface area (Å²) >= 11 is 6.04. The van der Waals surface area contributed by atoms with Crippen LogP contribution < -0.4 is 4.90 Å². The molecule has 0 saturated carbocycles. The standard InChI is InChI=1S/C11H13ClN2/c1-8-3-4-14(7-8)11-5-10(12)9(2)6-13-11/h5-7H,3-4H2,1-2H3. The van der Waals surface area contributed by atoms with Crippen LogP contribution in [0.1, 0.15) is 18.9 Å². The van der Waals surface area contributed by atoms with Crippen LogP contribution in [0, 0.1) is 6.92 Å². The first kappa shape index (κ1) is 9.53. The number of pyridine rings is 1. The second-order valence-corrected chi connectivity index (χ2v) is 4.12. The lowest BCUT2D eigenvalue weighted by Gasteiger charge is -2.14. The average molecular weight is 209 g/mol. The zero-order chi connectivity index (χ0) is 10.1. The van der Waals surface area contributed by atoms with Crippen LogP contribution in [-0.2, 0) is 0 Å². The maximum atomic E-state index is 6.04. The lowest BCUT2D eigenvalue weighted by atomic mass is 10.3. The average Bonchev–Trinajstić information content (AvgIpc) is 2.57. The zero-order valence-corrected chi connectivity index (χ0v) is 9.17. The Morgan fingerprint density at radius 2 is 2.21 bits per heavy atom. The van der Waals surface area contributed by atoms with E-state index in [-0.39, 0.29) is 0 Å². The Hall–Kier alpha value is -1.02. The van der Waals surface area contributed by atoms with Crippen molar-refractivity contribution in [3.63, 3.8) is 0 Å². The molecule has 1 aliphatic rings. The molecule has 14 heavy (non-hydrogen) atoms. The van der Waals surface area contributed by atoms with Crippen molar-refractivity contribution in [3.8, 4) is 0 Å². The van der Waals surface area contributed by atoms with Crippen molar-refractivity contribution in [2.75, 3.05) is 11.4 Å². The van der Waals surface area contributed by atoms with E-state index in [1.807, 2.05) is 19.2 Å². The van der Waals surface area contributed by atoms with Gasteiger partial charge in [0.2, 0.25) is 0 Å². The largest absolute Gasteiger partial charge is 0.333 e. The molecule has 0 saturated heterocycles. The molecule has 0 unspecified atom stereocenters. The summed E-state index contributed by atoms with van der Waals surface area (Å²) in [6, 6.07) is 1.92. The number of rotatable bonds is 1. The third-order valence-electron chi connectivity index (χ3n) is 2.44. The van der Waals surface area contributed by atoms with Crippen LogP contribution >= 0.6 is 11.6 Å². The molecular weight excluding hydrogens is 196 g/mol. The van der Waals surface area contributed by atoms with Gasteiger partial charge in [-0.15, -0.1) is 0 Å². The first-order chi connectivity index (χ1) is 6.66. The number of halogens is 1. The summed E-state index contributed by atoms with van der Waals surface area (Å²) in [5, 5.41) is 0.785. The molecule has 2 nitrogen and oxygen atoms in total. The van der Waals surface area contributed by atoms with Crippen LogP contribution in [-0.4, -0.2) is 11.5 Å². The molecule has 1 aromatic rings. The molecule has 0 fully saturated rings. The number of anilines is 1. The van der Waals surface area contributed by atoms with Gasteiger partial charge in [0.15, 0.2) is 0 Å². The quantitative estimate of drug-likeness (QED) is 0.705. The molecule has 74 valence electrons. The van der Waals surface area contributed by atoms with E-state index in [0.717, 1.165) is 29.4 Å². The van der Waals surface area contributed by atoms with Gasteiger partial charge in [0.25, 0.3) is 0 Å². The summed E-state index contributed by atoms with van der Waals surface area (Å²) in [7, 11) is 0. The fourth-order valence-corrected chi connectivity index (χ4v) is 1.67. The Balaban J connectivity index is 2.29. The van der Waals surface area contributed by atoms with Gasteiger partial charge >= 0.3 is 0 Å². The number of aryl methyl sites for hydroxylation is 1. The van der Waals surface area contributed by atoms with Gasteiger partial charge in [0.1, 0.15) is 5.82 Å². The molecule has 0 aliphatic carbocycles. The van der Waals surface area contributed by atoms with Crippen molar-refractivity contribution in [2.24, 2.45) is 0 Å². The maximum absolute atomic E-state index is 6.04. The minimum Gasteiger partial charge on any atom is -0.333 e. The molecule has 0 atom stereocenters. The summed E-state index contributed by atoms with van der Waals surface area (Å²) in [5.74, 6) is 0.942. The topological polar surface area (TPSA) is 16.1 Å². The molecule has 0 amide bonds. The van der Waals surface area contributed by atoms with Crippen molar-refractivity contribution in [1.82, 2.24) is 4.98 Å². The van der Waals surface area contributed by atoms with Crippen molar-refractivity contribution >= 4 is 17.4 Å². The normalized spacial score (nSPS) is 15.9. The molecule has 2 rings (SSSR count). The van der Waals surface area contributed by atoms with E-state index < -0.39 is 0 Å². The maximum Gasteiger partial charge on any atom is 0.133 e. The first-order valence-corrected chi connectivity index (χ1v) is 5.11. The van der Waals surface area contributed by atoms with E-state index in [0.29, 0.717) is 0 Å². The third-order valence-corrected chi connectivity index (χ3v) is 2.85. The molecule has 0 radical (unpaired) electrons. The zero-order valence-electron chi connectivity index (χ0n) is 8.42. The molecule has 2 heterocycles. The van der Waals surface area contributed by atoms with E-state index >= 15 is 0 Å². The molecule has 0 bridgehead atoms. The van der Waals surface area contributed by atoms with Crippen LogP contribution in [0.5, 0.6) is 0 Å². The minimum atomic E-state index is 0.785. The van der Waals surface area contributed by atoms with E-state index in [2.05, 4.69) is 23.0 Å². The predicted octanol–water partition coefficient (Wildman–Crippen LogP) is 3.16. The van der Waals surface area contributed by atoms with Gasteiger partial charge < -0.3 is 4.90 Å². The summed E-state index contributed by atoms with van der Waals surface area (Å²) in [6.45, 7) is 5.11. The second-order valence-electron chi connectivity index (χ2n) is 3.71. The molecule has 0 spiro atoms. The Morgan fingerprint density at radius 3 is 2.79 bits per heavy atom. The van der Waals surface area contributed by atoms with Gasteiger partial charge in [0, 0.05) is 24.0 Å². The second kappa shape index (κ2) is 3.62. The van der Waals surface area contributed by atoms with Gasteiger partial charge in [-0.2, -0.15) is 0 Å². The van der Waals surface area contributed by atoms with Crippen LogP contribution in [0.2, 0.25) is 5.02 Å². The van der Waals surface area contributed by atoms with Crippen LogP contribution in [0.15, 0.2) is 24.0 Å². The van der Waals surface area contributed by atoms with Crippen molar-refractivity contribution in [1.29, 1.82) is 0 Å². The molecule has 1 aliphatic heterocycles. The van der Waals surface area contributed by atoms with Crippen molar-refractivity contribution in [2.45, 2.75) is 20.3 Å². The highest BCUT2D eigenvalue weighted by Crippen LogP contribution is 2.24.